The molecule has 2 aromatic rings. The Hall–Kier alpha value is -1.24. The van der Waals surface area contributed by atoms with Crippen molar-refractivity contribution in [2.24, 2.45) is 5.41 Å². The van der Waals surface area contributed by atoms with Crippen LogP contribution in [-0.2, 0) is 18.1 Å². The summed E-state index contributed by atoms with van der Waals surface area (Å²) in [7, 11) is 0. The predicted octanol–water partition coefficient (Wildman–Crippen LogP) is 4.84. The second-order valence-electron chi connectivity index (χ2n) is 7.42. The summed E-state index contributed by atoms with van der Waals surface area (Å²) >= 11 is 12.3. The number of benzene rings is 1. The standard InChI is InChI=1S/C18H18Cl2F3N3/c1-11-6-15(18(21,22)23)25-26(11)10-16-8-17(16,4-5-24-9-16)12-2-3-13(19)14(20)7-12/h2-3,6-7,24H,4-5,8-10H2,1H3/t16-,17-/m0/s1. The van der Waals surface area contributed by atoms with Crippen molar-refractivity contribution in [1.82, 2.24) is 15.1 Å². The van der Waals surface area contributed by atoms with Crippen LogP contribution in [0, 0.1) is 12.3 Å². The van der Waals surface area contributed by atoms with Gasteiger partial charge < -0.3 is 5.32 Å². The molecule has 0 amide bonds. The highest BCUT2D eigenvalue weighted by atomic mass is 35.5. The molecule has 2 atom stereocenters. The van der Waals surface area contributed by atoms with Gasteiger partial charge >= 0.3 is 6.18 Å². The van der Waals surface area contributed by atoms with Gasteiger partial charge in [0.1, 0.15) is 0 Å². The SMILES string of the molecule is Cc1cc(C(F)(F)F)nn1C[C@]12CNCC[C@@]1(c1ccc(Cl)c(Cl)c1)C2. The summed E-state index contributed by atoms with van der Waals surface area (Å²) in [6, 6.07) is 6.78. The lowest BCUT2D eigenvalue weighted by molar-refractivity contribution is -0.141. The van der Waals surface area contributed by atoms with Crippen LogP contribution in [0.1, 0.15) is 29.8 Å². The molecule has 2 aliphatic rings. The molecule has 2 heterocycles. The van der Waals surface area contributed by atoms with Crippen LogP contribution in [0.15, 0.2) is 24.3 Å². The number of aromatic nitrogens is 2. The first-order chi connectivity index (χ1) is 12.2. The van der Waals surface area contributed by atoms with Crippen LogP contribution in [-0.4, -0.2) is 22.9 Å². The second-order valence-corrected chi connectivity index (χ2v) is 8.24. The highest BCUT2D eigenvalue weighted by molar-refractivity contribution is 6.42. The zero-order chi connectivity index (χ0) is 18.7. The Labute approximate surface area is 159 Å². The maximum Gasteiger partial charge on any atom is 0.435 e. The number of aryl methyl sites for hydroxylation is 1. The molecule has 1 saturated heterocycles. The van der Waals surface area contributed by atoms with E-state index in [2.05, 4.69) is 10.4 Å². The van der Waals surface area contributed by atoms with E-state index in [4.69, 9.17) is 23.2 Å². The van der Waals surface area contributed by atoms with Crippen molar-refractivity contribution in [2.75, 3.05) is 13.1 Å². The van der Waals surface area contributed by atoms with Crippen LogP contribution in [0.2, 0.25) is 10.0 Å². The number of piperidine rings is 1. The smallest absolute Gasteiger partial charge is 0.316 e. The van der Waals surface area contributed by atoms with Crippen molar-refractivity contribution in [1.29, 1.82) is 0 Å². The average Bonchev–Trinajstić information content (AvgIpc) is 3.11. The van der Waals surface area contributed by atoms with Crippen molar-refractivity contribution >= 4 is 23.2 Å². The van der Waals surface area contributed by atoms with Crippen LogP contribution >= 0.6 is 23.2 Å². The van der Waals surface area contributed by atoms with Gasteiger partial charge in [0.15, 0.2) is 5.69 Å². The predicted molar refractivity (Wildman–Crippen MR) is 94.6 cm³/mol. The molecule has 0 bridgehead atoms. The molecule has 1 aromatic heterocycles. The number of fused-ring (bicyclic) bond motifs is 1. The van der Waals surface area contributed by atoms with Gasteiger partial charge in [0.25, 0.3) is 0 Å². The van der Waals surface area contributed by atoms with Crippen LogP contribution in [0.4, 0.5) is 13.2 Å². The lowest BCUT2D eigenvalue weighted by atomic mass is 9.81. The molecule has 2 fully saturated rings. The summed E-state index contributed by atoms with van der Waals surface area (Å²) in [4.78, 5) is 0. The Kier molecular flexibility index (Phi) is 4.10. The molecule has 140 valence electrons. The number of hydrogen-bond acceptors (Lipinski definition) is 2. The monoisotopic (exact) mass is 403 g/mol. The zero-order valence-corrected chi connectivity index (χ0v) is 15.6. The third-order valence-corrected chi connectivity index (χ3v) is 6.66. The molecule has 0 unspecified atom stereocenters. The fourth-order valence-corrected chi connectivity index (χ4v) is 4.75. The minimum absolute atomic E-state index is 0.0940. The molecule has 26 heavy (non-hydrogen) atoms. The number of alkyl halides is 3. The first-order valence-electron chi connectivity index (χ1n) is 8.45. The Bertz CT molecular complexity index is 864. The molecule has 1 saturated carbocycles. The highest BCUT2D eigenvalue weighted by Crippen LogP contribution is 2.68. The number of hydrogen-bond donors (Lipinski definition) is 1. The van der Waals surface area contributed by atoms with Crippen LogP contribution in [0.25, 0.3) is 0 Å². The van der Waals surface area contributed by atoms with Crippen molar-refractivity contribution in [3.63, 3.8) is 0 Å². The van der Waals surface area contributed by atoms with E-state index in [1.54, 1.807) is 13.0 Å². The summed E-state index contributed by atoms with van der Waals surface area (Å²) in [5.41, 5.74) is 0.531. The normalized spacial score (nSPS) is 28.1. The molecule has 1 aliphatic carbocycles. The topological polar surface area (TPSA) is 29.9 Å². The summed E-state index contributed by atoms with van der Waals surface area (Å²) in [6.45, 7) is 3.72. The van der Waals surface area contributed by atoms with Gasteiger partial charge in [-0.05, 0) is 50.1 Å². The number of nitrogens with zero attached hydrogens (tertiary/aromatic N) is 2. The van der Waals surface area contributed by atoms with E-state index in [0.717, 1.165) is 37.6 Å². The Morgan fingerprint density at radius 2 is 2.00 bits per heavy atom. The van der Waals surface area contributed by atoms with Gasteiger partial charge in [-0.2, -0.15) is 18.3 Å². The van der Waals surface area contributed by atoms with Crippen molar-refractivity contribution in [3.05, 3.63) is 51.3 Å². The lowest BCUT2D eigenvalue weighted by Gasteiger charge is -2.32. The molecular formula is C18H18Cl2F3N3. The van der Waals surface area contributed by atoms with Gasteiger partial charge in [-0.3, -0.25) is 4.68 Å². The molecule has 0 spiro atoms. The minimum Gasteiger partial charge on any atom is -0.316 e. The summed E-state index contributed by atoms with van der Waals surface area (Å²) < 4.78 is 40.4. The number of halogens is 5. The van der Waals surface area contributed by atoms with E-state index in [-0.39, 0.29) is 10.8 Å². The zero-order valence-electron chi connectivity index (χ0n) is 14.1. The molecule has 4 rings (SSSR count). The Morgan fingerprint density at radius 1 is 1.23 bits per heavy atom. The summed E-state index contributed by atoms with van der Waals surface area (Å²) in [6.07, 6.45) is -2.62. The van der Waals surface area contributed by atoms with Crippen LogP contribution < -0.4 is 5.32 Å². The van der Waals surface area contributed by atoms with Gasteiger partial charge in [0, 0.05) is 29.6 Å². The van der Waals surface area contributed by atoms with Gasteiger partial charge in [-0.25, -0.2) is 0 Å². The lowest BCUT2D eigenvalue weighted by Crippen LogP contribution is -2.41. The summed E-state index contributed by atoms with van der Waals surface area (Å²) in [5.74, 6) is 0. The average molecular weight is 404 g/mol. The molecule has 0 radical (unpaired) electrons. The number of rotatable bonds is 3. The highest BCUT2D eigenvalue weighted by Gasteiger charge is 2.68. The maximum absolute atomic E-state index is 13.0. The third kappa shape index (κ3) is 2.74. The quantitative estimate of drug-likeness (QED) is 0.794. The fraction of sp³-hybridized carbons (Fsp3) is 0.500. The van der Waals surface area contributed by atoms with Gasteiger partial charge in [-0.1, -0.05) is 29.3 Å². The molecule has 1 aromatic carbocycles. The molecule has 8 heteroatoms. The van der Waals surface area contributed by atoms with Gasteiger partial charge in [0.2, 0.25) is 0 Å². The van der Waals surface area contributed by atoms with E-state index >= 15 is 0 Å². The molecular weight excluding hydrogens is 386 g/mol. The number of nitrogens with one attached hydrogen (secondary N) is 1. The Morgan fingerprint density at radius 3 is 2.65 bits per heavy atom. The first-order valence-corrected chi connectivity index (χ1v) is 9.20. The fourth-order valence-electron chi connectivity index (χ4n) is 4.45. The Balaban J connectivity index is 1.68. The van der Waals surface area contributed by atoms with Crippen molar-refractivity contribution in [2.45, 2.75) is 37.9 Å². The van der Waals surface area contributed by atoms with Crippen molar-refractivity contribution < 1.29 is 13.2 Å². The first kappa shape index (κ1) is 18.1. The largest absolute Gasteiger partial charge is 0.435 e. The minimum atomic E-state index is -4.43. The maximum atomic E-state index is 13.0. The molecule has 3 nitrogen and oxygen atoms in total. The van der Waals surface area contributed by atoms with Gasteiger partial charge in [-0.15, -0.1) is 0 Å². The second kappa shape index (κ2) is 5.88. The van der Waals surface area contributed by atoms with Gasteiger partial charge in [0.05, 0.1) is 10.0 Å². The van der Waals surface area contributed by atoms with Crippen molar-refractivity contribution in [3.8, 4) is 0 Å². The van der Waals surface area contributed by atoms with E-state index < -0.39 is 11.9 Å². The van der Waals surface area contributed by atoms with Crippen LogP contribution in [0.5, 0.6) is 0 Å². The van der Waals surface area contributed by atoms with E-state index in [1.165, 1.54) is 4.68 Å². The molecule has 1 aliphatic heterocycles. The summed E-state index contributed by atoms with van der Waals surface area (Å²) in [5, 5.41) is 8.22. The van der Waals surface area contributed by atoms with E-state index in [1.807, 2.05) is 12.1 Å². The van der Waals surface area contributed by atoms with E-state index in [0.29, 0.717) is 22.3 Å². The molecule has 1 N–H and O–H groups in total. The van der Waals surface area contributed by atoms with E-state index in [9.17, 15) is 13.2 Å². The third-order valence-electron chi connectivity index (χ3n) is 5.92. The van der Waals surface area contributed by atoms with Crippen LogP contribution in [0.3, 0.4) is 0 Å².